The minimum atomic E-state index is -0.546. The van der Waals surface area contributed by atoms with Crippen LogP contribution in [0.2, 0.25) is 0 Å². The molecule has 2 fully saturated rings. The predicted octanol–water partition coefficient (Wildman–Crippen LogP) is 1.71. The maximum absolute atomic E-state index is 12.8. The molecule has 0 aromatic heterocycles. The first kappa shape index (κ1) is 16.9. The molecule has 0 bridgehead atoms. The molecule has 3 rings (SSSR count). The number of hydrogen-bond donors (Lipinski definition) is 2. The Bertz CT molecular complexity index is 613. The Kier molecular flexibility index (Phi) is 4.85. The second-order valence-corrected chi connectivity index (χ2v) is 6.80. The molecule has 1 saturated heterocycles. The first-order valence-corrected chi connectivity index (χ1v) is 8.52. The number of carbonyl (C=O) groups is 2. The van der Waals surface area contributed by atoms with Crippen molar-refractivity contribution < 1.29 is 19.1 Å². The first-order valence-electron chi connectivity index (χ1n) is 8.52. The molecule has 2 aliphatic rings. The minimum absolute atomic E-state index is 0.00311. The van der Waals surface area contributed by atoms with Gasteiger partial charge in [0.25, 0.3) is 5.91 Å². The third-order valence-corrected chi connectivity index (χ3v) is 5.03. The molecule has 1 aliphatic heterocycles. The van der Waals surface area contributed by atoms with Crippen LogP contribution in [0.25, 0.3) is 0 Å². The van der Waals surface area contributed by atoms with Crippen molar-refractivity contribution in [2.24, 2.45) is 5.92 Å². The van der Waals surface area contributed by atoms with Crippen LogP contribution in [0, 0.1) is 11.7 Å². The number of piperidine rings is 1. The van der Waals surface area contributed by atoms with Gasteiger partial charge in [0.1, 0.15) is 5.82 Å². The van der Waals surface area contributed by atoms with Crippen molar-refractivity contribution in [3.63, 3.8) is 0 Å². The second-order valence-electron chi connectivity index (χ2n) is 6.80. The lowest BCUT2D eigenvalue weighted by atomic mass is 9.90. The number of carbonyl (C=O) groups excluding carboxylic acids is 2. The number of likely N-dealkylation sites (tertiary alicyclic amines) is 1. The molecule has 24 heavy (non-hydrogen) atoms. The van der Waals surface area contributed by atoms with Crippen molar-refractivity contribution in [2.45, 2.75) is 37.7 Å². The van der Waals surface area contributed by atoms with Crippen LogP contribution in [0.4, 0.5) is 4.39 Å². The molecular weight excluding hydrogens is 311 g/mol. The average molecular weight is 334 g/mol. The van der Waals surface area contributed by atoms with E-state index in [2.05, 4.69) is 5.32 Å². The van der Waals surface area contributed by atoms with Crippen LogP contribution in [0.1, 0.15) is 42.5 Å². The fraction of sp³-hybridized carbons (Fsp3) is 0.556. The lowest BCUT2D eigenvalue weighted by Gasteiger charge is -2.35. The van der Waals surface area contributed by atoms with E-state index >= 15 is 0 Å². The van der Waals surface area contributed by atoms with Crippen molar-refractivity contribution in [3.8, 4) is 0 Å². The van der Waals surface area contributed by atoms with Crippen LogP contribution in [0.15, 0.2) is 24.3 Å². The topological polar surface area (TPSA) is 69.6 Å². The zero-order valence-corrected chi connectivity index (χ0v) is 13.6. The number of nitrogens with zero attached hydrogens (tertiary/aromatic N) is 1. The summed E-state index contributed by atoms with van der Waals surface area (Å²) in [4.78, 5) is 26.0. The molecule has 1 unspecified atom stereocenters. The molecule has 1 aliphatic carbocycles. The van der Waals surface area contributed by atoms with Gasteiger partial charge in [-0.05, 0) is 49.9 Å². The van der Waals surface area contributed by atoms with Crippen LogP contribution < -0.4 is 5.32 Å². The Hall–Kier alpha value is -1.95. The number of hydrogen-bond acceptors (Lipinski definition) is 3. The predicted molar refractivity (Wildman–Crippen MR) is 86.8 cm³/mol. The van der Waals surface area contributed by atoms with Crippen molar-refractivity contribution in [2.75, 3.05) is 19.6 Å². The highest BCUT2D eigenvalue weighted by Crippen LogP contribution is 2.45. The van der Waals surface area contributed by atoms with E-state index in [4.69, 9.17) is 0 Å². The highest BCUT2D eigenvalue weighted by molar-refractivity contribution is 5.94. The smallest absolute Gasteiger partial charge is 0.251 e. The van der Waals surface area contributed by atoms with E-state index in [0.29, 0.717) is 12.1 Å². The quantitative estimate of drug-likeness (QED) is 0.861. The van der Waals surface area contributed by atoms with Crippen LogP contribution in [0.3, 0.4) is 0 Å². The summed E-state index contributed by atoms with van der Waals surface area (Å²) in [6, 6.07) is 5.29. The second kappa shape index (κ2) is 6.89. The molecule has 1 aromatic carbocycles. The third kappa shape index (κ3) is 3.93. The standard InChI is InChI=1S/C18H23FN2O3/c19-15-5-3-13(4-6-15)17(23)20-10-7-16(22)21-11-1-2-14(12-21)18(24)8-9-18/h3-6,14,24H,1-2,7-12H2,(H,20,23). The van der Waals surface area contributed by atoms with Gasteiger partial charge in [-0.25, -0.2) is 4.39 Å². The SMILES string of the molecule is O=C(NCCC(=O)N1CCCC(C2(O)CC2)C1)c1ccc(F)cc1. The van der Waals surface area contributed by atoms with Crippen LogP contribution in [0.5, 0.6) is 0 Å². The van der Waals surface area contributed by atoms with Crippen molar-refractivity contribution >= 4 is 11.8 Å². The molecule has 130 valence electrons. The molecule has 1 atom stereocenters. The largest absolute Gasteiger partial charge is 0.390 e. The van der Waals surface area contributed by atoms with E-state index in [-0.39, 0.29) is 30.7 Å². The summed E-state index contributed by atoms with van der Waals surface area (Å²) >= 11 is 0. The summed E-state index contributed by atoms with van der Waals surface area (Å²) in [5.74, 6) is -0.516. The minimum Gasteiger partial charge on any atom is -0.390 e. The molecule has 5 nitrogen and oxygen atoms in total. The molecule has 2 N–H and O–H groups in total. The number of amides is 2. The van der Waals surface area contributed by atoms with Gasteiger partial charge in [-0.15, -0.1) is 0 Å². The van der Waals surface area contributed by atoms with E-state index in [1.165, 1.54) is 24.3 Å². The van der Waals surface area contributed by atoms with E-state index in [0.717, 1.165) is 32.2 Å². The van der Waals surface area contributed by atoms with Gasteiger partial charge in [0.15, 0.2) is 0 Å². The van der Waals surface area contributed by atoms with E-state index in [9.17, 15) is 19.1 Å². The summed E-state index contributed by atoms with van der Waals surface area (Å²) in [5, 5.41) is 12.9. The van der Waals surface area contributed by atoms with Crippen molar-refractivity contribution in [3.05, 3.63) is 35.6 Å². The van der Waals surface area contributed by atoms with E-state index in [1.807, 2.05) is 0 Å². The van der Waals surface area contributed by atoms with Crippen molar-refractivity contribution in [1.82, 2.24) is 10.2 Å². The van der Waals surface area contributed by atoms with E-state index < -0.39 is 11.4 Å². The van der Waals surface area contributed by atoms with Crippen LogP contribution >= 0.6 is 0 Å². The van der Waals surface area contributed by atoms with Crippen LogP contribution in [-0.2, 0) is 4.79 Å². The average Bonchev–Trinajstić information content (AvgIpc) is 3.34. The maximum Gasteiger partial charge on any atom is 0.251 e. The highest BCUT2D eigenvalue weighted by Gasteiger charge is 2.48. The molecule has 6 heteroatoms. The number of aliphatic hydroxyl groups is 1. The molecular formula is C18H23FN2O3. The van der Waals surface area contributed by atoms with E-state index in [1.54, 1.807) is 4.90 Å². The molecule has 1 saturated carbocycles. The molecule has 2 amide bonds. The zero-order valence-electron chi connectivity index (χ0n) is 13.6. The first-order chi connectivity index (χ1) is 11.5. The Morgan fingerprint density at radius 3 is 2.67 bits per heavy atom. The molecule has 0 radical (unpaired) electrons. The van der Waals surface area contributed by atoms with Gasteiger partial charge in [-0.1, -0.05) is 0 Å². The summed E-state index contributed by atoms with van der Waals surface area (Å²) in [6.45, 7) is 1.58. The maximum atomic E-state index is 12.8. The third-order valence-electron chi connectivity index (χ3n) is 5.03. The summed E-state index contributed by atoms with van der Waals surface area (Å²) in [6.07, 6.45) is 3.81. The molecule has 0 spiro atoms. The number of halogens is 1. The van der Waals surface area contributed by atoms with Gasteiger partial charge in [0, 0.05) is 37.5 Å². The zero-order chi connectivity index (χ0) is 17.2. The fourth-order valence-electron chi connectivity index (χ4n) is 3.32. The number of rotatable bonds is 5. The van der Waals surface area contributed by atoms with Gasteiger partial charge in [-0.3, -0.25) is 9.59 Å². The van der Waals surface area contributed by atoms with Gasteiger partial charge in [0.05, 0.1) is 5.60 Å². The van der Waals surface area contributed by atoms with Crippen molar-refractivity contribution in [1.29, 1.82) is 0 Å². The number of nitrogens with one attached hydrogen (secondary N) is 1. The van der Waals surface area contributed by atoms with Crippen LogP contribution in [-0.4, -0.2) is 47.1 Å². The molecule has 1 heterocycles. The van der Waals surface area contributed by atoms with Gasteiger partial charge in [0.2, 0.25) is 5.91 Å². The Morgan fingerprint density at radius 1 is 1.29 bits per heavy atom. The fourth-order valence-corrected chi connectivity index (χ4v) is 3.32. The summed E-state index contributed by atoms with van der Waals surface area (Å²) in [5.41, 5.74) is -0.173. The normalized spacial score (nSPS) is 22.1. The summed E-state index contributed by atoms with van der Waals surface area (Å²) in [7, 11) is 0. The monoisotopic (exact) mass is 334 g/mol. The summed E-state index contributed by atoms with van der Waals surface area (Å²) < 4.78 is 12.8. The van der Waals surface area contributed by atoms with Gasteiger partial charge >= 0.3 is 0 Å². The van der Waals surface area contributed by atoms with Gasteiger partial charge in [-0.2, -0.15) is 0 Å². The Balaban J connectivity index is 1.43. The highest BCUT2D eigenvalue weighted by atomic mass is 19.1. The number of benzene rings is 1. The Labute approximate surface area is 140 Å². The molecule has 1 aromatic rings. The lowest BCUT2D eigenvalue weighted by molar-refractivity contribution is -0.134. The van der Waals surface area contributed by atoms with Gasteiger partial charge < -0.3 is 15.3 Å². The Morgan fingerprint density at radius 2 is 2.00 bits per heavy atom. The lowest BCUT2D eigenvalue weighted by Crippen LogP contribution is -2.45.